The predicted molar refractivity (Wildman–Crippen MR) is 81.8 cm³/mol. The molecule has 3 aliphatic rings. The maximum Gasteiger partial charge on any atom is 0.254 e. The first-order valence-corrected chi connectivity index (χ1v) is 8.04. The van der Waals surface area contributed by atoms with Gasteiger partial charge in [-0.05, 0) is 37.0 Å². The second kappa shape index (κ2) is 5.69. The van der Waals surface area contributed by atoms with Gasteiger partial charge in [0.25, 0.3) is 5.91 Å². The molecule has 3 aliphatic heterocycles. The molecule has 0 unspecified atom stereocenters. The Kier molecular flexibility index (Phi) is 3.66. The number of likely N-dealkylation sites (tertiary alicyclic amines) is 1. The van der Waals surface area contributed by atoms with Crippen molar-refractivity contribution in [2.75, 3.05) is 40.2 Å². The van der Waals surface area contributed by atoms with Crippen LogP contribution in [-0.2, 0) is 9.47 Å². The van der Waals surface area contributed by atoms with Crippen LogP contribution in [-0.4, -0.2) is 56.6 Å². The average molecular weight is 319 g/mol. The minimum Gasteiger partial charge on any atom is -0.454 e. The topological polar surface area (TPSA) is 57.2 Å². The molecule has 1 amide bonds. The number of nitrogens with zero attached hydrogens (tertiary/aromatic N) is 1. The van der Waals surface area contributed by atoms with Gasteiger partial charge in [0, 0.05) is 25.9 Å². The van der Waals surface area contributed by atoms with E-state index in [1.165, 1.54) is 0 Å². The van der Waals surface area contributed by atoms with Crippen LogP contribution in [0.1, 0.15) is 23.2 Å². The first-order chi connectivity index (χ1) is 11.2. The Morgan fingerprint density at radius 1 is 1.35 bits per heavy atom. The summed E-state index contributed by atoms with van der Waals surface area (Å²) < 4.78 is 21.8. The fraction of sp³-hybridized carbons (Fsp3) is 0.588. The van der Waals surface area contributed by atoms with Gasteiger partial charge in [-0.25, -0.2) is 0 Å². The first-order valence-electron chi connectivity index (χ1n) is 8.04. The summed E-state index contributed by atoms with van der Waals surface area (Å²) in [4.78, 5) is 14.5. The third-order valence-corrected chi connectivity index (χ3v) is 5.09. The summed E-state index contributed by atoms with van der Waals surface area (Å²) in [6, 6.07) is 5.34. The number of amides is 1. The van der Waals surface area contributed by atoms with Crippen LogP contribution < -0.4 is 9.47 Å². The van der Waals surface area contributed by atoms with Crippen molar-refractivity contribution in [2.24, 2.45) is 5.92 Å². The number of carbonyl (C=O) groups excluding carboxylic acids is 1. The van der Waals surface area contributed by atoms with Crippen molar-refractivity contribution in [2.45, 2.75) is 18.4 Å². The maximum atomic E-state index is 12.6. The predicted octanol–water partition coefficient (Wildman–Crippen LogP) is 1.68. The van der Waals surface area contributed by atoms with Crippen molar-refractivity contribution in [3.05, 3.63) is 23.8 Å². The van der Waals surface area contributed by atoms with Crippen molar-refractivity contribution in [3.8, 4) is 11.5 Å². The molecule has 23 heavy (non-hydrogen) atoms. The fourth-order valence-electron chi connectivity index (χ4n) is 3.76. The van der Waals surface area contributed by atoms with Crippen molar-refractivity contribution in [1.82, 2.24) is 4.90 Å². The quantitative estimate of drug-likeness (QED) is 0.845. The maximum absolute atomic E-state index is 12.6. The number of hydrogen-bond donors (Lipinski definition) is 0. The number of methoxy groups -OCH3 is 1. The molecule has 4 rings (SSSR count). The fourth-order valence-corrected chi connectivity index (χ4v) is 3.76. The lowest BCUT2D eigenvalue weighted by atomic mass is 9.79. The van der Waals surface area contributed by atoms with Gasteiger partial charge in [-0.3, -0.25) is 4.79 Å². The standard InChI is InChI=1S/C17H21NO5/c1-20-6-4-13-5-7-23-17(13)9-18(10-17)16(19)12-2-3-14-15(8-12)22-11-21-14/h2-3,8,13H,4-7,9-11H2,1H3/t13-/m0/s1. The molecule has 2 saturated heterocycles. The van der Waals surface area contributed by atoms with Gasteiger partial charge < -0.3 is 23.8 Å². The molecule has 1 aromatic carbocycles. The molecule has 0 saturated carbocycles. The number of fused-ring (bicyclic) bond motifs is 1. The van der Waals surface area contributed by atoms with Gasteiger partial charge >= 0.3 is 0 Å². The molecule has 0 bridgehead atoms. The van der Waals surface area contributed by atoms with Crippen LogP contribution in [0.15, 0.2) is 18.2 Å². The van der Waals surface area contributed by atoms with Crippen molar-refractivity contribution >= 4 is 5.91 Å². The summed E-state index contributed by atoms with van der Waals surface area (Å²) in [5.74, 6) is 1.83. The number of carbonyl (C=O) groups is 1. The molecule has 0 radical (unpaired) electrons. The van der Waals surface area contributed by atoms with E-state index >= 15 is 0 Å². The highest BCUT2D eigenvalue weighted by Gasteiger charge is 2.54. The molecular weight excluding hydrogens is 298 g/mol. The van der Waals surface area contributed by atoms with Crippen LogP contribution in [0, 0.1) is 5.92 Å². The van der Waals surface area contributed by atoms with Gasteiger partial charge in [-0.2, -0.15) is 0 Å². The van der Waals surface area contributed by atoms with Crippen LogP contribution in [0.3, 0.4) is 0 Å². The van der Waals surface area contributed by atoms with Crippen LogP contribution >= 0.6 is 0 Å². The lowest BCUT2D eigenvalue weighted by molar-refractivity contribution is -0.120. The lowest BCUT2D eigenvalue weighted by Crippen LogP contribution is -2.66. The van der Waals surface area contributed by atoms with E-state index < -0.39 is 0 Å². The van der Waals surface area contributed by atoms with Crippen molar-refractivity contribution in [3.63, 3.8) is 0 Å². The van der Waals surface area contributed by atoms with Gasteiger partial charge in [-0.15, -0.1) is 0 Å². The van der Waals surface area contributed by atoms with Gasteiger partial charge in [0.15, 0.2) is 11.5 Å². The SMILES string of the molecule is COCC[C@H]1CCOC12CN(C(=O)c1ccc3c(c1)OCO3)C2. The summed E-state index contributed by atoms with van der Waals surface area (Å²) in [6.45, 7) is 3.06. The molecule has 124 valence electrons. The number of hydrogen-bond acceptors (Lipinski definition) is 5. The minimum absolute atomic E-state index is 0.0231. The molecule has 3 heterocycles. The Morgan fingerprint density at radius 2 is 2.17 bits per heavy atom. The minimum atomic E-state index is -0.162. The third-order valence-electron chi connectivity index (χ3n) is 5.09. The molecule has 2 fully saturated rings. The summed E-state index contributed by atoms with van der Waals surface area (Å²) in [5.41, 5.74) is 0.473. The normalized spacial score (nSPS) is 24.0. The van der Waals surface area contributed by atoms with Crippen LogP contribution in [0.4, 0.5) is 0 Å². The summed E-state index contributed by atoms with van der Waals surface area (Å²) in [7, 11) is 1.72. The third kappa shape index (κ3) is 2.46. The second-order valence-corrected chi connectivity index (χ2v) is 6.41. The Morgan fingerprint density at radius 3 is 3.00 bits per heavy atom. The Bertz CT molecular complexity index is 611. The van der Waals surface area contributed by atoms with Gasteiger partial charge in [0.1, 0.15) is 5.60 Å². The van der Waals surface area contributed by atoms with E-state index in [9.17, 15) is 4.79 Å². The smallest absolute Gasteiger partial charge is 0.254 e. The van der Waals surface area contributed by atoms with Gasteiger partial charge in [-0.1, -0.05) is 0 Å². The Labute approximate surface area is 135 Å². The van der Waals surface area contributed by atoms with E-state index in [4.69, 9.17) is 18.9 Å². The Balaban J connectivity index is 1.42. The monoisotopic (exact) mass is 319 g/mol. The van der Waals surface area contributed by atoms with Crippen molar-refractivity contribution in [1.29, 1.82) is 0 Å². The summed E-state index contributed by atoms with van der Waals surface area (Å²) in [6.07, 6.45) is 2.04. The zero-order valence-corrected chi connectivity index (χ0v) is 13.2. The van der Waals surface area contributed by atoms with Gasteiger partial charge in [0.2, 0.25) is 6.79 Å². The molecule has 0 aromatic heterocycles. The van der Waals surface area contributed by atoms with E-state index in [1.54, 1.807) is 25.3 Å². The van der Waals surface area contributed by atoms with E-state index in [0.717, 1.165) is 26.1 Å². The summed E-state index contributed by atoms with van der Waals surface area (Å²) in [5, 5.41) is 0. The zero-order chi connectivity index (χ0) is 15.9. The van der Waals surface area contributed by atoms with E-state index in [-0.39, 0.29) is 18.3 Å². The molecule has 1 aromatic rings. The van der Waals surface area contributed by atoms with Gasteiger partial charge in [0.05, 0.1) is 13.1 Å². The lowest BCUT2D eigenvalue weighted by Gasteiger charge is -2.50. The molecule has 0 aliphatic carbocycles. The molecule has 0 N–H and O–H groups in total. The molecule has 1 atom stereocenters. The van der Waals surface area contributed by atoms with E-state index in [1.807, 2.05) is 4.90 Å². The molecular formula is C17H21NO5. The number of benzene rings is 1. The van der Waals surface area contributed by atoms with E-state index in [2.05, 4.69) is 0 Å². The average Bonchev–Trinajstić information content (AvgIpc) is 3.16. The highest BCUT2D eigenvalue weighted by Crippen LogP contribution is 2.42. The van der Waals surface area contributed by atoms with Crippen LogP contribution in [0.2, 0.25) is 0 Å². The molecule has 6 nitrogen and oxygen atoms in total. The zero-order valence-electron chi connectivity index (χ0n) is 13.2. The highest BCUT2D eigenvalue weighted by atomic mass is 16.7. The van der Waals surface area contributed by atoms with Crippen molar-refractivity contribution < 1.29 is 23.7 Å². The first kappa shape index (κ1) is 14.8. The second-order valence-electron chi connectivity index (χ2n) is 6.41. The van der Waals surface area contributed by atoms with Crippen LogP contribution in [0.5, 0.6) is 11.5 Å². The summed E-state index contributed by atoms with van der Waals surface area (Å²) >= 11 is 0. The molecule has 1 spiro atoms. The number of rotatable bonds is 4. The largest absolute Gasteiger partial charge is 0.454 e. The highest BCUT2D eigenvalue weighted by molar-refractivity contribution is 5.95. The van der Waals surface area contributed by atoms with Crippen LogP contribution in [0.25, 0.3) is 0 Å². The molecule has 6 heteroatoms. The van der Waals surface area contributed by atoms with E-state index in [0.29, 0.717) is 36.1 Å². The number of ether oxygens (including phenoxy) is 4. The Hall–Kier alpha value is -1.79.